The van der Waals surface area contributed by atoms with Gasteiger partial charge in [0.25, 0.3) is 0 Å². The van der Waals surface area contributed by atoms with E-state index in [0.717, 1.165) is 35.2 Å². The van der Waals surface area contributed by atoms with Crippen molar-refractivity contribution >= 4 is 15.9 Å². The van der Waals surface area contributed by atoms with Crippen molar-refractivity contribution in [2.75, 3.05) is 19.6 Å². The van der Waals surface area contributed by atoms with Crippen molar-refractivity contribution in [3.8, 4) is 5.75 Å². The molecule has 0 unspecified atom stereocenters. The first-order valence-corrected chi connectivity index (χ1v) is 5.91. The van der Waals surface area contributed by atoms with Crippen LogP contribution in [0.15, 0.2) is 16.6 Å². The summed E-state index contributed by atoms with van der Waals surface area (Å²) in [5.41, 5.74) is 1.88. The molecule has 1 fully saturated rings. The summed E-state index contributed by atoms with van der Waals surface area (Å²) in [6.07, 6.45) is 0. The minimum absolute atomic E-state index is 0.204. The van der Waals surface area contributed by atoms with Crippen molar-refractivity contribution in [2.24, 2.45) is 0 Å². The van der Waals surface area contributed by atoms with Crippen LogP contribution in [-0.4, -0.2) is 24.7 Å². The van der Waals surface area contributed by atoms with E-state index >= 15 is 0 Å². The van der Waals surface area contributed by atoms with Gasteiger partial charge in [-0.3, -0.25) is 0 Å². The molecule has 15 heavy (non-hydrogen) atoms. The Morgan fingerprint density at radius 2 is 2.20 bits per heavy atom. The third-order valence-corrected chi connectivity index (χ3v) is 3.17. The number of rotatable bonds is 1. The fourth-order valence-corrected chi connectivity index (χ4v) is 2.49. The predicted octanol–water partition coefficient (Wildman–Crippen LogP) is 1.70. The lowest BCUT2D eigenvalue weighted by Gasteiger charge is -2.26. The molecule has 4 heteroatoms. The van der Waals surface area contributed by atoms with E-state index in [-0.39, 0.29) is 6.04 Å². The SMILES string of the molecule is Cc1cc(Br)cc([C@H]2CNCCN2)c1O. The quantitative estimate of drug-likeness (QED) is 0.728. The molecule has 1 aromatic carbocycles. The molecule has 82 valence electrons. The number of nitrogens with one attached hydrogen (secondary N) is 2. The Bertz CT molecular complexity index is 362. The van der Waals surface area contributed by atoms with Crippen molar-refractivity contribution in [2.45, 2.75) is 13.0 Å². The molecule has 1 heterocycles. The molecule has 1 atom stereocenters. The van der Waals surface area contributed by atoms with E-state index in [1.165, 1.54) is 0 Å². The maximum Gasteiger partial charge on any atom is 0.123 e. The number of piperazine rings is 1. The van der Waals surface area contributed by atoms with E-state index in [1.807, 2.05) is 19.1 Å². The van der Waals surface area contributed by atoms with Crippen LogP contribution >= 0.6 is 15.9 Å². The molecular formula is C11H15BrN2O. The maximum atomic E-state index is 9.99. The average Bonchev–Trinajstić information content (AvgIpc) is 2.24. The molecule has 2 rings (SSSR count). The van der Waals surface area contributed by atoms with Gasteiger partial charge in [-0.1, -0.05) is 15.9 Å². The number of phenols is 1. The highest BCUT2D eigenvalue weighted by Gasteiger charge is 2.18. The van der Waals surface area contributed by atoms with Gasteiger partial charge in [0, 0.05) is 35.7 Å². The van der Waals surface area contributed by atoms with Crippen LogP contribution in [0.4, 0.5) is 0 Å². The van der Waals surface area contributed by atoms with Gasteiger partial charge < -0.3 is 15.7 Å². The van der Waals surface area contributed by atoms with E-state index in [1.54, 1.807) is 0 Å². The highest BCUT2D eigenvalue weighted by atomic mass is 79.9. The number of halogens is 1. The Morgan fingerprint density at radius 3 is 2.87 bits per heavy atom. The Morgan fingerprint density at radius 1 is 1.40 bits per heavy atom. The van der Waals surface area contributed by atoms with Crippen molar-refractivity contribution in [3.63, 3.8) is 0 Å². The van der Waals surface area contributed by atoms with Crippen LogP contribution in [0.2, 0.25) is 0 Å². The molecular weight excluding hydrogens is 256 g/mol. The highest BCUT2D eigenvalue weighted by molar-refractivity contribution is 9.10. The fourth-order valence-electron chi connectivity index (χ4n) is 1.90. The van der Waals surface area contributed by atoms with Gasteiger partial charge in [-0.15, -0.1) is 0 Å². The van der Waals surface area contributed by atoms with Crippen LogP contribution in [-0.2, 0) is 0 Å². The van der Waals surface area contributed by atoms with Crippen LogP contribution < -0.4 is 10.6 Å². The van der Waals surface area contributed by atoms with Gasteiger partial charge in [0.1, 0.15) is 5.75 Å². The summed E-state index contributed by atoms with van der Waals surface area (Å²) in [6, 6.07) is 4.11. The number of hydrogen-bond acceptors (Lipinski definition) is 3. The Kier molecular flexibility index (Phi) is 3.29. The lowest BCUT2D eigenvalue weighted by Crippen LogP contribution is -2.42. The van der Waals surface area contributed by atoms with E-state index in [4.69, 9.17) is 0 Å². The van der Waals surface area contributed by atoms with E-state index in [2.05, 4.69) is 26.6 Å². The fraction of sp³-hybridized carbons (Fsp3) is 0.455. The van der Waals surface area contributed by atoms with Crippen molar-refractivity contribution < 1.29 is 5.11 Å². The van der Waals surface area contributed by atoms with Crippen LogP contribution in [0.25, 0.3) is 0 Å². The van der Waals surface area contributed by atoms with Crippen LogP contribution in [0.5, 0.6) is 5.75 Å². The largest absolute Gasteiger partial charge is 0.507 e. The molecule has 3 nitrogen and oxygen atoms in total. The van der Waals surface area contributed by atoms with Crippen molar-refractivity contribution in [3.05, 3.63) is 27.7 Å². The molecule has 0 radical (unpaired) electrons. The van der Waals surface area contributed by atoms with Gasteiger partial charge in [-0.25, -0.2) is 0 Å². The van der Waals surface area contributed by atoms with Crippen LogP contribution in [0.1, 0.15) is 17.2 Å². The lowest BCUT2D eigenvalue weighted by molar-refractivity contribution is 0.403. The molecule has 0 spiro atoms. The van der Waals surface area contributed by atoms with Gasteiger partial charge in [0.05, 0.1) is 0 Å². The van der Waals surface area contributed by atoms with Crippen molar-refractivity contribution in [1.29, 1.82) is 0 Å². The minimum Gasteiger partial charge on any atom is -0.507 e. The Balaban J connectivity index is 2.33. The Labute approximate surface area is 98.0 Å². The monoisotopic (exact) mass is 270 g/mol. The van der Waals surface area contributed by atoms with E-state index in [0.29, 0.717) is 5.75 Å². The lowest BCUT2D eigenvalue weighted by atomic mass is 10.0. The summed E-state index contributed by atoms with van der Waals surface area (Å²) in [5.74, 6) is 0.402. The summed E-state index contributed by atoms with van der Waals surface area (Å²) >= 11 is 3.45. The number of aromatic hydroxyl groups is 1. The molecule has 1 saturated heterocycles. The van der Waals surface area contributed by atoms with Gasteiger partial charge in [0.15, 0.2) is 0 Å². The number of phenolic OH excluding ortho intramolecular Hbond substituents is 1. The zero-order valence-corrected chi connectivity index (χ0v) is 10.3. The predicted molar refractivity (Wildman–Crippen MR) is 64.2 cm³/mol. The first kappa shape index (κ1) is 10.9. The standard InChI is InChI=1S/C11H15BrN2O/c1-7-4-8(12)5-9(11(7)15)10-6-13-2-3-14-10/h4-5,10,13-15H,2-3,6H2,1H3/t10-/m1/s1. The molecule has 0 amide bonds. The van der Waals surface area contributed by atoms with Gasteiger partial charge >= 0.3 is 0 Å². The molecule has 0 aromatic heterocycles. The topological polar surface area (TPSA) is 44.3 Å². The zero-order chi connectivity index (χ0) is 10.8. The summed E-state index contributed by atoms with van der Waals surface area (Å²) < 4.78 is 1.01. The first-order chi connectivity index (χ1) is 7.18. The van der Waals surface area contributed by atoms with E-state index < -0.39 is 0 Å². The first-order valence-electron chi connectivity index (χ1n) is 5.11. The second kappa shape index (κ2) is 4.51. The molecule has 1 aliphatic heterocycles. The molecule has 0 bridgehead atoms. The van der Waals surface area contributed by atoms with Crippen LogP contribution in [0, 0.1) is 6.92 Å². The number of benzene rings is 1. The smallest absolute Gasteiger partial charge is 0.123 e. The van der Waals surface area contributed by atoms with Crippen molar-refractivity contribution in [1.82, 2.24) is 10.6 Å². The second-order valence-electron chi connectivity index (χ2n) is 3.87. The molecule has 3 N–H and O–H groups in total. The molecule has 1 aliphatic rings. The maximum absolute atomic E-state index is 9.99. The number of hydrogen-bond donors (Lipinski definition) is 3. The zero-order valence-electron chi connectivity index (χ0n) is 8.68. The average molecular weight is 271 g/mol. The minimum atomic E-state index is 0.204. The third-order valence-electron chi connectivity index (χ3n) is 2.71. The Hall–Kier alpha value is -0.580. The second-order valence-corrected chi connectivity index (χ2v) is 4.79. The summed E-state index contributed by atoms with van der Waals surface area (Å²) in [4.78, 5) is 0. The molecule has 0 aliphatic carbocycles. The highest BCUT2D eigenvalue weighted by Crippen LogP contribution is 2.31. The van der Waals surface area contributed by atoms with Gasteiger partial charge in [-0.05, 0) is 24.6 Å². The van der Waals surface area contributed by atoms with Crippen LogP contribution in [0.3, 0.4) is 0 Å². The summed E-state index contributed by atoms with van der Waals surface area (Å²) in [7, 11) is 0. The molecule has 1 aromatic rings. The van der Waals surface area contributed by atoms with E-state index in [9.17, 15) is 5.11 Å². The number of aryl methyl sites for hydroxylation is 1. The summed E-state index contributed by atoms with van der Waals surface area (Å²) in [5, 5.41) is 16.7. The van der Waals surface area contributed by atoms with Gasteiger partial charge in [0.2, 0.25) is 0 Å². The normalized spacial score (nSPS) is 21.6. The molecule has 0 saturated carbocycles. The summed E-state index contributed by atoms with van der Waals surface area (Å²) in [6.45, 7) is 4.71. The third kappa shape index (κ3) is 2.33. The van der Waals surface area contributed by atoms with Gasteiger partial charge in [-0.2, -0.15) is 0 Å².